The lowest BCUT2D eigenvalue weighted by Crippen LogP contribution is -2.26. The maximum Gasteiger partial charge on any atom is 0.229 e. The molecule has 0 saturated heterocycles. The van der Waals surface area contributed by atoms with E-state index in [1.165, 1.54) is 5.39 Å². The highest BCUT2D eigenvalue weighted by molar-refractivity contribution is 7.92. The van der Waals surface area contributed by atoms with E-state index >= 15 is 0 Å². The minimum absolute atomic E-state index is 0.320. The van der Waals surface area contributed by atoms with Gasteiger partial charge in [-0.05, 0) is 42.0 Å². The molecular weight excluding hydrogens is 452 g/mol. The topological polar surface area (TPSA) is 107 Å². The second-order valence-corrected chi connectivity index (χ2v) is 10.3. The number of sulfonamides is 1. The molecule has 0 fully saturated rings. The minimum atomic E-state index is -3.37. The van der Waals surface area contributed by atoms with Crippen LogP contribution in [0.4, 0.5) is 11.4 Å². The van der Waals surface area contributed by atoms with E-state index in [2.05, 4.69) is 44.2 Å². The van der Waals surface area contributed by atoms with Crippen LogP contribution < -0.4 is 19.7 Å². The monoisotopic (exact) mass is 482 g/mol. The van der Waals surface area contributed by atoms with Crippen LogP contribution in [0.3, 0.4) is 0 Å². The van der Waals surface area contributed by atoms with E-state index in [1.807, 2.05) is 26.2 Å². The summed E-state index contributed by atoms with van der Waals surface area (Å²) in [4.78, 5) is 5.54. The lowest BCUT2D eigenvalue weighted by Gasteiger charge is -2.14. The van der Waals surface area contributed by atoms with E-state index in [1.54, 1.807) is 24.3 Å². The molecule has 1 aromatic heterocycles. The minimum Gasteiger partial charge on any atom is -0.492 e. The first-order valence-corrected chi connectivity index (χ1v) is 12.9. The lowest BCUT2D eigenvalue weighted by atomic mass is 10.1. The molecule has 0 amide bonds. The van der Waals surface area contributed by atoms with Crippen LogP contribution in [0.5, 0.6) is 5.75 Å². The Balaban J connectivity index is 1.30. The van der Waals surface area contributed by atoms with E-state index < -0.39 is 16.1 Å². The molecule has 0 aliphatic heterocycles. The first-order chi connectivity index (χ1) is 16.2. The fourth-order valence-electron chi connectivity index (χ4n) is 3.87. The molecule has 1 atom stereocenters. The smallest absolute Gasteiger partial charge is 0.229 e. The van der Waals surface area contributed by atoms with Gasteiger partial charge in [-0.25, -0.2) is 8.42 Å². The van der Waals surface area contributed by atoms with Crippen molar-refractivity contribution in [2.24, 2.45) is 0 Å². The van der Waals surface area contributed by atoms with Crippen LogP contribution in [0, 0.1) is 0 Å². The van der Waals surface area contributed by atoms with E-state index in [0.29, 0.717) is 30.9 Å². The number of aromatic nitrogens is 1. The van der Waals surface area contributed by atoms with Crippen LogP contribution in [0.2, 0.25) is 0 Å². The van der Waals surface area contributed by atoms with Crippen molar-refractivity contribution in [1.29, 1.82) is 0 Å². The summed E-state index contributed by atoms with van der Waals surface area (Å²) in [5, 5.41) is 15.9. The predicted molar refractivity (Wildman–Crippen MR) is 138 cm³/mol. The first-order valence-electron chi connectivity index (χ1n) is 11.0. The molecule has 34 heavy (non-hydrogen) atoms. The van der Waals surface area contributed by atoms with E-state index in [0.717, 1.165) is 34.1 Å². The van der Waals surface area contributed by atoms with Crippen LogP contribution in [0.25, 0.3) is 21.8 Å². The summed E-state index contributed by atoms with van der Waals surface area (Å²) in [6.45, 7) is 1.31. The van der Waals surface area contributed by atoms with E-state index in [-0.39, 0.29) is 0 Å². The number of anilines is 2. The SMILES string of the molecule is CN(C)c1ccc2c(c1)[nH]c1cc(OCCNC[C@H](O)c3cccc(NS(C)(=O)=O)c3)ccc12. The Morgan fingerprint density at radius 3 is 2.50 bits per heavy atom. The number of fused-ring (bicyclic) bond motifs is 3. The van der Waals surface area contributed by atoms with Crippen LogP contribution in [-0.2, 0) is 10.0 Å². The summed E-state index contributed by atoms with van der Waals surface area (Å²) in [5.74, 6) is 0.772. The van der Waals surface area contributed by atoms with Gasteiger partial charge in [0.2, 0.25) is 10.0 Å². The number of ether oxygens (including phenoxy) is 1. The maximum atomic E-state index is 11.4. The highest BCUT2D eigenvalue weighted by Crippen LogP contribution is 2.30. The van der Waals surface area contributed by atoms with Gasteiger partial charge in [-0.15, -0.1) is 0 Å². The van der Waals surface area contributed by atoms with Crippen LogP contribution in [-0.4, -0.2) is 58.6 Å². The zero-order valence-corrected chi connectivity index (χ0v) is 20.3. The van der Waals surface area contributed by atoms with Gasteiger partial charge >= 0.3 is 0 Å². The third-order valence-electron chi connectivity index (χ3n) is 5.53. The number of rotatable bonds is 10. The van der Waals surface area contributed by atoms with Gasteiger partial charge in [0.25, 0.3) is 0 Å². The van der Waals surface area contributed by atoms with Gasteiger partial charge in [0, 0.05) is 60.9 Å². The molecule has 0 spiro atoms. The summed E-state index contributed by atoms with van der Waals surface area (Å²) < 4.78 is 31.1. The van der Waals surface area contributed by atoms with Gasteiger partial charge in [0.1, 0.15) is 12.4 Å². The summed E-state index contributed by atoms with van der Waals surface area (Å²) in [6, 6.07) is 19.1. The van der Waals surface area contributed by atoms with Gasteiger partial charge in [-0.1, -0.05) is 18.2 Å². The number of nitrogens with one attached hydrogen (secondary N) is 3. The molecule has 8 nitrogen and oxygen atoms in total. The third kappa shape index (κ3) is 5.80. The molecule has 3 aromatic carbocycles. The zero-order chi connectivity index (χ0) is 24.3. The van der Waals surface area contributed by atoms with Crippen LogP contribution >= 0.6 is 0 Å². The molecule has 4 rings (SSSR count). The quantitative estimate of drug-likeness (QED) is 0.258. The summed E-state index contributed by atoms with van der Waals surface area (Å²) in [6.07, 6.45) is 0.324. The fraction of sp³-hybridized carbons (Fsp3) is 0.280. The van der Waals surface area contributed by atoms with Gasteiger partial charge in [-0.2, -0.15) is 0 Å². The Labute approximate surface area is 199 Å². The fourth-order valence-corrected chi connectivity index (χ4v) is 4.42. The molecule has 4 aromatic rings. The van der Waals surface area contributed by atoms with Crippen LogP contribution in [0.1, 0.15) is 11.7 Å². The van der Waals surface area contributed by atoms with Crippen molar-refractivity contribution < 1.29 is 18.3 Å². The Morgan fingerprint density at radius 2 is 1.76 bits per heavy atom. The average Bonchev–Trinajstić information content (AvgIpc) is 3.14. The number of aliphatic hydroxyl groups is 1. The molecule has 0 aliphatic carbocycles. The number of benzene rings is 3. The number of hydrogen-bond donors (Lipinski definition) is 4. The molecule has 0 unspecified atom stereocenters. The number of aliphatic hydroxyl groups excluding tert-OH is 1. The molecule has 9 heteroatoms. The van der Waals surface area contributed by atoms with Crippen molar-refractivity contribution in [2.75, 3.05) is 49.7 Å². The standard InChI is InChI=1S/C25H30N4O4S/c1-29(2)19-7-9-21-22-10-8-20(15-24(22)27-23(21)14-19)33-12-11-26-16-25(30)17-5-4-6-18(13-17)28-34(3,31)32/h4-10,13-15,25-28,30H,11-12,16H2,1-3H3/t25-/m0/s1. The molecule has 0 radical (unpaired) electrons. The van der Waals surface area contributed by atoms with Crippen molar-refractivity contribution in [2.45, 2.75) is 6.10 Å². The highest BCUT2D eigenvalue weighted by atomic mass is 32.2. The average molecular weight is 483 g/mol. The number of H-pyrrole nitrogens is 1. The molecular formula is C25H30N4O4S. The molecule has 1 heterocycles. The molecule has 0 aliphatic rings. The number of hydrogen-bond acceptors (Lipinski definition) is 6. The molecule has 4 N–H and O–H groups in total. The largest absolute Gasteiger partial charge is 0.492 e. The van der Waals surface area contributed by atoms with E-state index in [4.69, 9.17) is 4.74 Å². The van der Waals surface area contributed by atoms with Crippen molar-refractivity contribution in [1.82, 2.24) is 10.3 Å². The zero-order valence-electron chi connectivity index (χ0n) is 19.5. The third-order valence-corrected chi connectivity index (χ3v) is 6.14. The lowest BCUT2D eigenvalue weighted by molar-refractivity contribution is 0.172. The Morgan fingerprint density at radius 1 is 1.03 bits per heavy atom. The van der Waals surface area contributed by atoms with Gasteiger partial charge in [-0.3, -0.25) is 4.72 Å². The second-order valence-electron chi connectivity index (χ2n) is 8.52. The van der Waals surface area contributed by atoms with Gasteiger partial charge < -0.3 is 25.0 Å². The Bertz CT molecular complexity index is 1400. The Kier molecular flexibility index (Phi) is 6.97. The van der Waals surface area contributed by atoms with Gasteiger partial charge in [0.15, 0.2) is 0 Å². The van der Waals surface area contributed by atoms with Crippen molar-refractivity contribution in [3.8, 4) is 5.75 Å². The maximum absolute atomic E-state index is 11.4. The number of nitrogens with zero attached hydrogens (tertiary/aromatic N) is 1. The summed E-state index contributed by atoms with van der Waals surface area (Å²) in [5.41, 5.74) is 4.30. The van der Waals surface area contributed by atoms with Crippen LogP contribution in [0.15, 0.2) is 60.7 Å². The number of aromatic amines is 1. The second kappa shape index (κ2) is 9.92. The predicted octanol–water partition coefficient (Wildman–Crippen LogP) is 3.46. The normalized spacial score (nSPS) is 12.7. The van der Waals surface area contributed by atoms with E-state index in [9.17, 15) is 13.5 Å². The summed E-state index contributed by atoms with van der Waals surface area (Å²) in [7, 11) is 0.683. The van der Waals surface area contributed by atoms with Gasteiger partial charge in [0.05, 0.1) is 17.9 Å². The Hall–Kier alpha value is -3.27. The molecule has 0 bridgehead atoms. The first kappa shape index (κ1) is 23.9. The molecule has 0 saturated carbocycles. The van der Waals surface area contributed by atoms with Crippen molar-refractivity contribution in [3.05, 3.63) is 66.2 Å². The highest BCUT2D eigenvalue weighted by Gasteiger charge is 2.10. The summed E-state index contributed by atoms with van der Waals surface area (Å²) >= 11 is 0. The molecule has 180 valence electrons. The van der Waals surface area contributed by atoms with Crippen molar-refractivity contribution in [3.63, 3.8) is 0 Å². The van der Waals surface area contributed by atoms with Crippen molar-refractivity contribution >= 4 is 43.2 Å².